The van der Waals surface area contributed by atoms with Crippen LogP contribution in [0.5, 0.6) is 11.5 Å². The highest BCUT2D eigenvalue weighted by molar-refractivity contribution is 7.18. The van der Waals surface area contributed by atoms with Gasteiger partial charge in [-0.2, -0.15) is 0 Å². The average Bonchev–Trinajstić information content (AvgIpc) is 3.09. The van der Waals surface area contributed by atoms with E-state index in [4.69, 9.17) is 32.7 Å². The number of hydrogen-bond acceptors (Lipinski definition) is 6. The van der Waals surface area contributed by atoms with E-state index in [1.807, 2.05) is 0 Å². The van der Waals surface area contributed by atoms with Crippen LogP contribution in [-0.2, 0) is 0 Å². The zero-order valence-electron chi connectivity index (χ0n) is 13.7. The number of anilines is 1. The standard InChI is InChI=1S/C17H13Cl2N3O3S/c1-24-13-6-3-9(7-14(13)25-2)15(23)20-17-22-21-16(26-17)11-5-4-10(18)8-12(11)19/h3-8H,1-2H3,(H,20,22,23). The summed E-state index contributed by atoms with van der Waals surface area (Å²) in [6, 6.07) is 9.98. The minimum Gasteiger partial charge on any atom is -0.493 e. The van der Waals surface area contributed by atoms with Crippen LogP contribution in [-0.4, -0.2) is 30.3 Å². The zero-order chi connectivity index (χ0) is 18.7. The molecule has 26 heavy (non-hydrogen) atoms. The van der Waals surface area contributed by atoms with Gasteiger partial charge in [-0.3, -0.25) is 10.1 Å². The molecule has 2 aromatic carbocycles. The molecule has 0 unspecified atom stereocenters. The maximum absolute atomic E-state index is 12.4. The van der Waals surface area contributed by atoms with Crippen LogP contribution in [0.2, 0.25) is 10.0 Å². The molecule has 3 aromatic rings. The molecule has 0 spiro atoms. The summed E-state index contributed by atoms with van der Waals surface area (Å²) in [4.78, 5) is 12.4. The normalized spacial score (nSPS) is 10.5. The minimum absolute atomic E-state index is 0.337. The summed E-state index contributed by atoms with van der Waals surface area (Å²) < 4.78 is 10.4. The van der Waals surface area contributed by atoms with Crippen LogP contribution in [0.4, 0.5) is 5.13 Å². The molecular weight excluding hydrogens is 397 g/mol. The Kier molecular flexibility index (Phi) is 5.61. The van der Waals surface area contributed by atoms with Gasteiger partial charge in [0.15, 0.2) is 16.5 Å². The predicted octanol–water partition coefficient (Wildman–Crippen LogP) is 4.78. The van der Waals surface area contributed by atoms with Gasteiger partial charge in [-0.1, -0.05) is 34.5 Å². The lowest BCUT2D eigenvalue weighted by Crippen LogP contribution is -2.11. The molecular formula is C17H13Cl2N3O3S. The molecule has 0 bridgehead atoms. The largest absolute Gasteiger partial charge is 0.493 e. The number of amides is 1. The van der Waals surface area contributed by atoms with E-state index in [1.165, 1.54) is 25.6 Å². The molecule has 0 radical (unpaired) electrons. The first-order chi connectivity index (χ1) is 12.5. The topological polar surface area (TPSA) is 73.3 Å². The Hall–Kier alpha value is -2.35. The van der Waals surface area contributed by atoms with E-state index >= 15 is 0 Å². The number of methoxy groups -OCH3 is 2. The summed E-state index contributed by atoms with van der Waals surface area (Å²) in [5, 5.41) is 12.7. The molecule has 1 N–H and O–H groups in total. The molecule has 0 saturated heterocycles. The van der Waals surface area contributed by atoms with Crippen molar-refractivity contribution in [1.82, 2.24) is 10.2 Å². The molecule has 0 saturated carbocycles. The lowest BCUT2D eigenvalue weighted by Gasteiger charge is -2.08. The maximum atomic E-state index is 12.4. The van der Waals surface area contributed by atoms with Crippen LogP contribution in [0.3, 0.4) is 0 Å². The first kappa shape index (κ1) is 18.4. The smallest absolute Gasteiger partial charge is 0.257 e. The third-order valence-corrected chi connectivity index (χ3v) is 4.87. The maximum Gasteiger partial charge on any atom is 0.257 e. The number of nitrogens with zero attached hydrogens (tertiary/aromatic N) is 2. The summed E-state index contributed by atoms with van der Waals surface area (Å²) in [7, 11) is 3.04. The predicted molar refractivity (Wildman–Crippen MR) is 103 cm³/mol. The number of ether oxygens (including phenoxy) is 2. The fourth-order valence-corrected chi connectivity index (χ4v) is 3.52. The number of halogens is 2. The fraction of sp³-hybridized carbons (Fsp3) is 0.118. The number of rotatable bonds is 5. The van der Waals surface area contributed by atoms with Gasteiger partial charge in [-0.25, -0.2) is 0 Å². The van der Waals surface area contributed by atoms with Crippen molar-refractivity contribution in [2.24, 2.45) is 0 Å². The lowest BCUT2D eigenvalue weighted by atomic mass is 10.2. The van der Waals surface area contributed by atoms with E-state index in [-0.39, 0.29) is 5.91 Å². The highest BCUT2D eigenvalue weighted by atomic mass is 35.5. The number of aromatic nitrogens is 2. The van der Waals surface area contributed by atoms with E-state index in [0.717, 1.165) is 0 Å². The van der Waals surface area contributed by atoms with Gasteiger partial charge < -0.3 is 9.47 Å². The van der Waals surface area contributed by atoms with Crippen molar-refractivity contribution in [3.05, 3.63) is 52.0 Å². The van der Waals surface area contributed by atoms with Gasteiger partial charge in [0.1, 0.15) is 0 Å². The Labute approximate surface area is 163 Å². The van der Waals surface area contributed by atoms with Gasteiger partial charge in [0.25, 0.3) is 5.91 Å². The van der Waals surface area contributed by atoms with Crippen LogP contribution in [0.1, 0.15) is 10.4 Å². The van der Waals surface area contributed by atoms with Gasteiger partial charge in [0.2, 0.25) is 5.13 Å². The van der Waals surface area contributed by atoms with Crippen LogP contribution in [0.25, 0.3) is 10.6 Å². The van der Waals surface area contributed by atoms with E-state index in [1.54, 1.807) is 36.4 Å². The Balaban J connectivity index is 1.79. The van der Waals surface area contributed by atoms with Crippen LogP contribution < -0.4 is 14.8 Å². The molecule has 0 aliphatic rings. The minimum atomic E-state index is -0.337. The molecule has 1 aromatic heterocycles. The second-order valence-electron chi connectivity index (χ2n) is 5.06. The molecule has 0 atom stereocenters. The van der Waals surface area contributed by atoms with E-state index in [9.17, 15) is 4.79 Å². The Bertz CT molecular complexity index is 962. The van der Waals surface area contributed by atoms with Gasteiger partial charge in [0, 0.05) is 16.1 Å². The second kappa shape index (κ2) is 7.90. The van der Waals surface area contributed by atoms with Crippen LogP contribution in [0, 0.1) is 0 Å². The van der Waals surface area contributed by atoms with Gasteiger partial charge in [0.05, 0.1) is 19.2 Å². The molecule has 9 heteroatoms. The summed E-state index contributed by atoms with van der Waals surface area (Å²) >= 11 is 13.3. The average molecular weight is 410 g/mol. The lowest BCUT2D eigenvalue weighted by molar-refractivity contribution is 0.102. The Morgan fingerprint density at radius 2 is 1.81 bits per heavy atom. The third kappa shape index (κ3) is 3.90. The first-order valence-electron chi connectivity index (χ1n) is 7.34. The molecule has 6 nitrogen and oxygen atoms in total. The van der Waals surface area contributed by atoms with E-state index in [2.05, 4.69) is 15.5 Å². The highest BCUT2D eigenvalue weighted by Gasteiger charge is 2.15. The van der Waals surface area contributed by atoms with Gasteiger partial charge >= 0.3 is 0 Å². The first-order valence-corrected chi connectivity index (χ1v) is 8.91. The van der Waals surface area contributed by atoms with Crippen molar-refractivity contribution in [3.8, 4) is 22.1 Å². The zero-order valence-corrected chi connectivity index (χ0v) is 16.1. The summed E-state index contributed by atoms with van der Waals surface area (Å²) in [6.07, 6.45) is 0. The van der Waals surface area contributed by atoms with Crippen molar-refractivity contribution in [2.45, 2.75) is 0 Å². The van der Waals surface area contributed by atoms with Crippen LogP contribution in [0.15, 0.2) is 36.4 Å². The summed E-state index contributed by atoms with van der Waals surface area (Å²) in [5.41, 5.74) is 1.10. The van der Waals surface area contributed by atoms with Crippen molar-refractivity contribution < 1.29 is 14.3 Å². The Morgan fingerprint density at radius 1 is 1.04 bits per heavy atom. The van der Waals surface area contributed by atoms with E-state index < -0.39 is 0 Å². The highest BCUT2D eigenvalue weighted by Crippen LogP contribution is 2.34. The summed E-state index contributed by atoms with van der Waals surface area (Å²) in [6.45, 7) is 0. The number of carbonyl (C=O) groups excluding carboxylic acids is 1. The summed E-state index contributed by atoms with van der Waals surface area (Å²) in [5.74, 6) is 0.668. The van der Waals surface area contributed by atoms with Crippen molar-refractivity contribution in [1.29, 1.82) is 0 Å². The molecule has 0 aliphatic heterocycles. The molecule has 134 valence electrons. The number of hydrogen-bond donors (Lipinski definition) is 1. The molecule has 0 fully saturated rings. The quantitative estimate of drug-likeness (QED) is 0.655. The number of carbonyl (C=O) groups is 1. The van der Waals surface area contributed by atoms with Crippen molar-refractivity contribution in [2.75, 3.05) is 19.5 Å². The van der Waals surface area contributed by atoms with E-state index in [0.29, 0.717) is 42.8 Å². The van der Waals surface area contributed by atoms with Crippen molar-refractivity contribution >= 4 is 45.6 Å². The fourth-order valence-electron chi connectivity index (χ4n) is 2.19. The number of nitrogens with one attached hydrogen (secondary N) is 1. The SMILES string of the molecule is COc1ccc(C(=O)Nc2nnc(-c3ccc(Cl)cc3Cl)s2)cc1OC. The molecule has 1 amide bonds. The number of benzene rings is 2. The van der Waals surface area contributed by atoms with Gasteiger partial charge in [-0.15, -0.1) is 10.2 Å². The molecule has 3 rings (SSSR count). The second-order valence-corrected chi connectivity index (χ2v) is 6.88. The monoisotopic (exact) mass is 409 g/mol. The Morgan fingerprint density at radius 3 is 2.50 bits per heavy atom. The molecule has 0 aliphatic carbocycles. The van der Waals surface area contributed by atoms with Gasteiger partial charge in [-0.05, 0) is 36.4 Å². The molecule has 1 heterocycles. The van der Waals surface area contributed by atoms with Crippen LogP contribution >= 0.6 is 34.5 Å². The third-order valence-electron chi connectivity index (χ3n) is 3.45. The van der Waals surface area contributed by atoms with Crippen molar-refractivity contribution in [3.63, 3.8) is 0 Å².